The predicted molar refractivity (Wildman–Crippen MR) is 99.9 cm³/mol. The Morgan fingerprint density at radius 2 is 1.92 bits per heavy atom. The number of Topliss-reactive ketones (excluding diaryl/α,β-unsaturated/α-hetero) is 1. The van der Waals surface area contributed by atoms with Gasteiger partial charge < -0.3 is 5.32 Å². The number of carbonyl (C=O) groups excluding carboxylic acids is 2. The Labute approximate surface area is 159 Å². The van der Waals surface area contributed by atoms with Gasteiger partial charge in [0.25, 0.3) is 5.91 Å². The molecule has 2 fully saturated rings. The molecule has 1 saturated carbocycles. The number of nitrogens with zero attached hydrogens (tertiary/aromatic N) is 1. The number of nitrogens with one attached hydrogen (secondary N) is 1. The van der Waals surface area contributed by atoms with Crippen LogP contribution in [0.15, 0.2) is 18.2 Å². The van der Waals surface area contributed by atoms with Crippen molar-refractivity contribution in [1.82, 2.24) is 10.2 Å². The molecule has 4 nitrogen and oxygen atoms in total. The zero-order valence-electron chi connectivity index (χ0n) is 15.6. The van der Waals surface area contributed by atoms with Gasteiger partial charge in [-0.1, -0.05) is 32.4 Å². The number of piperidine rings is 1. The summed E-state index contributed by atoms with van der Waals surface area (Å²) in [4.78, 5) is 26.8. The summed E-state index contributed by atoms with van der Waals surface area (Å²) < 4.78 is 13.4. The number of ketones is 1. The molecule has 3 rings (SSSR count). The molecule has 1 aromatic rings. The van der Waals surface area contributed by atoms with E-state index in [9.17, 15) is 14.0 Å². The average Bonchev–Trinajstić information content (AvgIpc) is 3.19. The first kappa shape index (κ1) is 19.3. The van der Waals surface area contributed by atoms with Gasteiger partial charge in [0, 0.05) is 22.0 Å². The third kappa shape index (κ3) is 4.26. The maximum Gasteiger partial charge on any atom is 0.251 e. The van der Waals surface area contributed by atoms with E-state index in [1.807, 2.05) is 20.8 Å². The normalized spacial score (nSPS) is 22.3. The summed E-state index contributed by atoms with van der Waals surface area (Å²) in [5.41, 5.74) is 0.0798. The van der Waals surface area contributed by atoms with E-state index in [1.165, 1.54) is 18.2 Å². The minimum absolute atomic E-state index is 0.123. The van der Waals surface area contributed by atoms with Gasteiger partial charge >= 0.3 is 0 Å². The van der Waals surface area contributed by atoms with Crippen LogP contribution in [0.25, 0.3) is 0 Å². The second-order valence-electron chi connectivity index (χ2n) is 8.70. The molecule has 0 unspecified atom stereocenters. The molecule has 2 aliphatic rings. The molecule has 1 N–H and O–H groups in total. The Morgan fingerprint density at radius 3 is 2.50 bits per heavy atom. The van der Waals surface area contributed by atoms with E-state index >= 15 is 0 Å². The van der Waals surface area contributed by atoms with E-state index in [1.54, 1.807) is 0 Å². The van der Waals surface area contributed by atoms with Gasteiger partial charge in [0.05, 0.1) is 6.54 Å². The molecule has 6 heteroatoms. The van der Waals surface area contributed by atoms with Crippen LogP contribution in [0.3, 0.4) is 0 Å². The Hall–Kier alpha value is -1.46. The van der Waals surface area contributed by atoms with Crippen LogP contribution in [0.5, 0.6) is 0 Å². The maximum absolute atomic E-state index is 13.4. The fourth-order valence-corrected chi connectivity index (χ4v) is 3.85. The van der Waals surface area contributed by atoms with Crippen LogP contribution in [0.1, 0.15) is 50.4 Å². The Balaban J connectivity index is 1.51. The van der Waals surface area contributed by atoms with Gasteiger partial charge in [-0.3, -0.25) is 14.5 Å². The lowest BCUT2D eigenvalue weighted by molar-refractivity contribution is -0.127. The third-order valence-corrected chi connectivity index (χ3v) is 5.89. The summed E-state index contributed by atoms with van der Waals surface area (Å²) in [6, 6.07) is 4.00. The molecule has 1 amide bonds. The number of hydrogen-bond acceptors (Lipinski definition) is 3. The van der Waals surface area contributed by atoms with Gasteiger partial charge in [0.2, 0.25) is 0 Å². The van der Waals surface area contributed by atoms with Gasteiger partial charge in [0.15, 0.2) is 5.78 Å². The molecule has 142 valence electrons. The third-order valence-electron chi connectivity index (χ3n) is 5.68. The first-order valence-electron chi connectivity index (χ1n) is 9.12. The van der Waals surface area contributed by atoms with Crippen molar-refractivity contribution in [3.8, 4) is 0 Å². The molecule has 1 spiro atoms. The molecule has 1 heterocycles. The van der Waals surface area contributed by atoms with Crippen molar-refractivity contribution in [2.75, 3.05) is 19.6 Å². The monoisotopic (exact) mass is 380 g/mol. The minimum atomic E-state index is -0.509. The lowest BCUT2D eigenvalue weighted by Gasteiger charge is -2.33. The Bertz CT molecular complexity index is 701. The highest BCUT2D eigenvalue weighted by Crippen LogP contribution is 2.54. The molecular weight excluding hydrogens is 355 g/mol. The van der Waals surface area contributed by atoms with E-state index in [4.69, 9.17) is 11.6 Å². The first-order valence-corrected chi connectivity index (χ1v) is 9.49. The molecule has 0 bridgehead atoms. The zero-order valence-corrected chi connectivity index (χ0v) is 16.3. The highest BCUT2D eigenvalue weighted by Gasteiger charge is 2.55. The van der Waals surface area contributed by atoms with Crippen molar-refractivity contribution in [2.45, 2.75) is 46.1 Å². The summed E-state index contributed by atoms with van der Waals surface area (Å²) in [5.74, 6) is -0.527. The summed E-state index contributed by atoms with van der Waals surface area (Å²) >= 11 is 5.83. The van der Waals surface area contributed by atoms with Crippen molar-refractivity contribution in [2.24, 2.45) is 10.8 Å². The molecule has 1 atom stereocenters. The summed E-state index contributed by atoms with van der Waals surface area (Å²) in [5, 5.41) is 3.24. The number of carbonyl (C=O) groups is 2. The number of rotatable bonds is 4. The van der Waals surface area contributed by atoms with Crippen LogP contribution in [0.4, 0.5) is 4.39 Å². The van der Waals surface area contributed by atoms with Crippen LogP contribution in [-0.4, -0.2) is 42.3 Å². The van der Waals surface area contributed by atoms with Crippen molar-refractivity contribution in [3.63, 3.8) is 0 Å². The summed E-state index contributed by atoms with van der Waals surface area (Å²) in [7, 11) is 0. The molecule has 1 aliphatic carbocycles. The van der Waals surface area contributed by atoms with Gasteiger partial charge in [-0.05, 0) is 56.0 Å². The molecule has 0 radical (unpaired) electrons. The van der Waals surface area contributed by atoms with Gasteiger partial charge in [-0.25, -0.2) is 4.39 Å². The molecule has 1 aromatic carbocycles. The molecular formula is C20H26ClFN2O2. The topological polar surface area (TPSA) is 49.4 Å². The second-order valence-corrected chi connectivity index (χ2v) is 9.14. The quantitative estimate of drug-likeness (QED) is 0.866. The highest BCUT2D eigenvalue weighted by molar-refractivity contribution is 6.31. The van der Waals surface area contributed by atoms with Crippen molar-refractivity contribution in [3.05, 3.63) is 34.6 Å². The number of benzene rings is 1. The number of likely N-dealkylation sites (tertiary alicyclic amines) is 1. The predicted octanol–water partition coefficient (Wildman–Crippen LogP) is 3.68. The maximum atomic E-state index is 13.4. The zero-order chi connectivity index (χ0) is 19.1. The van der Waals surface area contributed by atoms with Crippen molar-refractivity contribution < 1.29 is 14.0 Å². The standard InChI is InChI=1S/C20H26ClFN2O2/c1-19(2,3)17(25)12-24-6-4-20(5-7-24)11-16(20)23-18(26)13-8-14(21)10-15(22)9-13/h8-10,16H,4-7,11-12H2,1-3H3,(H,23,26)/t16-/m1/s1. The Morgan fingerprint density at radius 1 is 1.27 bits per heavy atom. The van der Waals surface area contributed by atoms with Crippen LogP contribution < -0.4 is 5.32 Å². The van der Waals surface area contributed by atoms with Crippen LogP contribution in [-0.2, 0) is 4.79 Å². The number of amides is 1. The van der Waals surface area contributed by atoms with Gasteiger partial charge in [-0.15, -0.1) is 0 Å². The molecule has 1 saturated heterocycles. The summed E-state index contributed by atoms with van der Waals surface area (Å²) in [6.45, 7) is 8.10. The second kappa shape index (κ2) is 6.93. The van der Waals surface area contributed by atoms with Crippen LogP contribution in [0, 0.1) is 16.6 Å². The fraction of sp³-hybridized carbons (Fsp3) is 0.600. The van der Waals surface area contributed by atoms with Crippen LogP contribution in [0.2, 0.25) is 5.02 Å². The smallest absolute Gasteiger partial charge is 0.251 e. The fourth-order valence-electron chi connectivity index (χ4n) is 3.63. The van der Waals surface area contributed by atoms with Gasteiger partial charge in [0.1, 0.15) is 5.82 Å². The lowest BCUT2D eigenvalue weighted by atomic mass is 9.88. The van der Waals surface area contributed by atoms with Crippen molar-refractivity contribution >= 4 is 23.3 Å². The molecule has 1 aliphatic heterocycles. The minimum Gasteiger partial charge on any atom is -0.349 e. The SMILES string of the molecule is CC(C)(C)C(=O)CN1CCC2(CC1)C[C@H]2NC(=O)c1cc(F)cc(Cl)c1. The highest BCUT2D eigenvalue weighted by atomic mass is 35.5. The van der Waals surface area contributed by atoms with E-state index < -0.39 is 5.82 Å². The Kier molecular flexibility index (Phi) is 5.15. The van der Waals surface area contributed by atoms with Crippen molar-refractivity contribution in [1.29, 1.82) is 0 Å². The van der Waals surface area contributed by atoms with Gasteiger partial charge in [-0.2, -0.15) is 0 Å². The van der Waals surface area contributed by atoms with E-state index in [0.29, 0.717) is 6.54 Å². The van der Waals surface area contributed by atoms with E-state index in [-0.39, 0.29) is 39.1 Å². The van der Waals surface area contributed by atoms with E-state index in [2.05, 4.69) is 10.2 Å². The number of halogens is 2. The molecule has 26 heavy (non-hydrogen) atoms. The number of hydrogen-bond donors (Lipinski definition) is 1. The van der Waals surface area contributed by atoms with Crippen LogP contribution >= 0.6 is 11.6 Å². The van der Waals surface area contributed by atoms with E-state index in [0.717, 1.165) is 32.4 Å². The summed E-state index contributed by atoms with van der Waals surface area (Å²) in [6.07, 6.45) is 2.89. The lowest BCUT2D eigenvalue weighted by Crippen LogP contribution is -2.43. The largest absolute Gasteiger partial charge is 0.349 e. The first-order chi connectivity index (χ1) is 12.1. The average molecular weight is 381 g/mol. The molecule has 0 aromatic heterocycles.